The first-order chi connectivity index (χ1) is 19.3. The van der Waals surface area contributed by atoms with Crippen LogP contribution in [0, 0.1) is 13.8 Å². The van der Waals surface area contributed by atoms with E-state index in [0.29, 0.717) is 0 Å². The van der Waals surface area contributed by atoms with Gasteiger partial charge >= 0.3 is 37.9 Å². The van der Waals surface area contributed by atoms with Crippen molar-refractivity contribution in [3.63, 3.8) is 0 Å². The molecule has 0 nitrogen and oxygen atoms in total. The standard InChI is InChI=1S/2C16H12Br.C2H6Si.2ClH.Zr/c2*1-11-9-14-13(12-5-3-2-4-6-12)7-8-16(17)15(14)10-11;1-3-2;;;/h2*2-10H,1H3;1-2H3;2*1H;/q2*-1;;;;+4/p-2. The number of benzene rings is 4. The fourth-order valence-electron chi connectivity index (χ4n) is 4.56. The maximum atomic E-state index is 4.93. The molecule has 0 aromatic heterocycles. The van der Waals surface area contributed by atoms with Crippen LogP contribution >= 0.6 is 48.9 Å². The van der Waals surface area contributed by atoms with Gasteiger partial charge in [0.05, 0.1) is 0 Å². The summed E-state index contributed by atoms with van der Waals surface area (Å²) < 4.78 is 2.33. The van der Waals surface area contributed by atoms with E-state index < -0.39 is 20.8 Å². The molecule has 0 aliphatic rings. The molecular formula is C34H30Br2Cl2SiZr. The molecular weight excluding hydrogens is 758 g/mol. The van der Waals surface area contributed by atoms with Gasteiger partial charge in [-0.05, 0) is 11.1 Å². The van der Waals surface area contributed by atoms with E-state index in [9.17, 15) is 0 Å². The molecule has 0 atom stereocenters. The first kappa shape index (κ1) is 33.2. The summed E-state index contributed by atoms with van der Waals surface area (Å²) in [7, 11) is 11.0. The van der Waals surface area contributed by atoms with Gasteiger partial charge in [0, 0.05) is 9.52 Å². The molecule has 6 aromatic carbocycles. The predicted octanol–water partition coefficient (Wildman–Crippen LogP) is 12.8. The molecule has 0 spiro atoms. The van der Waals surface area contributed by atoms with Crippen molar-refractivity contribution in [3.05, 3.63) is 129 Å². The molecule has 0 N–H and O–H groups in total. The van der Waals surface area contributed by atoms with E-state index in [1.165, 1.54) is 63.9 Å². The van der Waals surface area contributed by atoms with Crippen LogP contribution in [0.25, 0.3) is 43.8 Å². The van der Waals surface area contributed by atoms with Crippen LogP contribution in [0.2, 0.25) is 13.1 Å². The van der Waals surface area contributed by atoms with Gasteiger partial charge in [-0.15, -0.1) is 76.7 Å². The van der Waals surface area contributed by atoms with Gasteiger partial charge in [0.1, 0.15) is 0 Å². The van der Waals surface area contributed by atoms with Crippen LogP contribution in [0.3, 0.4) is 0 Å². The number of hydrogen-bond acceptors (Lipinski definition) is 0. The van der Waals surface area contributed by atoms with E-state index in [-0.39, 0.29) is 0 Å². The van der Waals surface area contributed by atoms with Gasteiger partial charge in [0.15, 0.2) is 0 Å². The van der Waals surface area contributed by atoms with Gasteiger partial charge < -0.3 is 0 Å². The van der Waals surface area contributed by atoms with Gasteiger partial charge in [-0.2, -0.15) is 12.1 Å². The van der Waals surface area contributed by atoms with Crippen molar-refractivity contribution in [2.24, 2.45) is 0 Å². The van der Waals surface area contributed by atoms with Crippen LogP contribution in [0.4, 0.5) is 0 Å². The summed E-state index contributed by atoms with van der Waals surface area (Å²) in [6.45, 7) is 8.59. The fraction of sp³-hybridized carbons (Fsp3) is 0.118. The zero-order valence-electron chi connectivity index (χ0n) is 22.9. The third kappa shape index (κ3) is 8.87. The van der Waals surface area contributed by atoms with Gasteiger partial charge in [-0.25, -0.2) is 0 Å². The van der Waals surface area contributed by atoms with Crippen LogP contribution < -0.4 is 0 Å². The molecule has 0 aliphatic heterocycles. The van der Waals surface area contributed by atoms with E-state index in [1.807, 2.05) is 0 Å². The monoisotopic (exact) mass is 784 g/mol. The first-order valence-corrected chi connectivity index (χ1v) is 22.6. The average molecular weight is 789 g/mol. The minimum absolute atomic E-state index is 0.826. The molecule has 0 amide bonds. The van der Waals surface area contributed by atoms with E-state index in [2.05, 4.69) is 168 Å². The number of halogens is 4. The van der Waals surface area contributed by atoms with Crippen LogP contribution in [0.5, 0.6) is 0 Å². The summed E-state index contributed by atoms with van der Waals surface area (Å²) in [6.07, 6.45) is 0. The molecule has 0 saturated carbocycles. The second-order valence-corrected chi connectivity index (χ2v) is 15.7. The molecule has 0 bridgehead atoms. The second-order valence-electron chi connectivity index (χ2n) is 9.21. The zero-order chi connectivity index (χ0) is 29.1. The Labute approximate surface area is 276 Å². The number of aryl methyl sites for hydroxylation is 2. The summed E-state index contributed by atoms with van der Waals surface area (Å²) in [4.78, 5) is 0. The second kappa shape index (κ2) is 17.0. The number of fused-ring (bicyclic) bond motifs is 2. The molecule has 2 radical (unpaired) electrons. The Morgan fingerprint density at radius 3 is 1.25 bits per heavy atom. The van der Waals surface area contributed by atoms with Crippen molar-refractivity contribution < 1.29 is 20.8 Å². The molecule has 202 valence electrons. The van der Waals surface area contributed by atoms with Crippen LogP contribution in [0.1, 0.15) is 11.1 Å². The van der Waals surface area contributed by atoms with E-state index in [0.717, 1.165) is 9.52 Å². The SMILES string of the molecule is C[Si]C.Cc1cc2c(-c3ccccc3)ccc(Br)c2[cH-]1.Cc1cc2c(-c3ccccc3)ccc(Br)c2[cH-]1.[Cl][Zr+2][Cl]. The summed E-state index contributed by atoms with van der Waals surface area (Å²) in [5.41, 5.74) is 7.77. The summed E-state index contributed by atoms with van der Waals surface area (Å²) in [6, 6.07) is 38.6. The third-order valence-electron chi connectivity index (χ3n) is 6.13. The Morgan fingerprint density at radius 1 is 0.600 bits per heavy atom. The van der Waals surface area contributed by atoms with Gasteiger partial charge in [-0.3, -0.25) is 0 Å². The quantitative estimate of drug-likeness (QED) is 0.121. The van der Waals surface area contributed by atoms with Crippen LogP contribution in [0.15, 0.2) is 118 Å². The molecule has 6 rings (SSSR count). The topological polar surface area (TPSA) is 0 Å². The van der Waals surface area contributed by atoms with Crippen molar-refractivity contribution in [2.75, 3.05) is 0 Å². The van der Waals surface area contributed by atoms with Crippen molar-refractivity contribution in [3.8, 4) is 22.3 Å². The zero-order valence-corrected chi connectivity index (χ0v) is 31.0. The molecule has 6 aromatic rings. The summed E-state index contributed by atoms with van der Waals surface area (Å²) in [5, 5.41) is 5.24. The summed E-state index contributed by atoms with van der Waals surface area (Å²) >= 11 is 6.41. The van der Waals surface area contributed by atoms with Crippen molar-refractivity contribution >= 4 is 80.0 Å². The minimum atomic E-state index is -0.826. The number of hydrogen-bond donors (Lipinski definition) is 0. The van der Waals surface area contributed by atoms with Crippen molar-refractivity contribution in [2.45, 2.75) is 26.9 Å². The van der Waals surface area contributed by atoms with Crippen molar-refractivity contribution in [1.29, 1.82) is 0 Å². The Balaban J connectivity index is 0.000000185. The van der Waals surface area contributed by atoms with Gasteiger partial charge in [0.2, 0.25) is 0 Å². The molecule has 0 unspecified atom stereocenters. The van der Waals surface area contributed by atoms with Crippen LogP contribution in [-0.2, 0) is 20.8 Å². The third-order valence-corrected chi connectivity index (χ3v) is 7.51. The molecule has 0 fully saturated rings. The Morgan fingerprint density at radius 2 is 0.925 bits per heavy atom. The molecule has 6 heteroatoms. The molecule has 40 heavy (non-hydrogen) atoms. The fourth-order valence-corrected chi connectivity index (χ4v) is 5.48. The van der Waals surface area contributed by atoms with Crippen LogP contribution in [-0.4, -0.2) is 9.52 Å². The normalized spacial score (nSPS) is 10.0. The Kier molecular flexibility index (Phi) is 14.1. The first-order valence-electron chi connectivity index (χ1n) is 12.7. The molecule has 0 heterocycles. The average Bonchev–Trinajstić information content (AvgIpc) is 3.55. The molecule has 0 saturated heterocycles. The van der Waals surface area contributed by atoms with Gasteiger partial charge in [-0.1, -0.05) is 132 Å². The summed E-state index contributed by atoms with van der Waals surface area (Å²) in [5.74, 6) is 0. The molecule has 0 aliphatic carbocycles. The number of rotatable bonds is 2. The Hall–Kier alpha value is -1.26. The van der Waals surface area contributed by atoms with E-state index in [1.54, 1.807) is 0 Å². The van der Waals surface area contributed by atoms with E-state index >= 15 is 0 Å². The van der Waals surface area contributed by atoms with E-state index in [4.69, 9.17) is 17.0 Å². The maximum absolute atomic E-state index is 4.93. The Bertz CT molecular complexity index is 1500. The van der Waals surface area contributed by atoms with Crippen molar-refractivity contribution in [1.82, 2.24) is 0 Å². The predicted molar refractivity (Wildman–Crippen MR) is 184 cm³/mol. The van der Waals surface area contributed by atoms with Gasteiger partial charge in [0.25, 0.3) is 0 Å².